The highest BCUT2D eigenvalue weighted by molar-refractivity contribution is 7.89. The molecule has 0 aliphatic heterocycles. The Labute approximate surface area is 149 Å². The SMILES string of the molecule is CCC(C)NS(=O)(=O)c1cccc(C(=O)NCc2ccccc2C)c1. The van der Waals surface area contributed by atoms with Crippen LogP contribution in [0.2, 0.25) is 0 Å². The van der Waals surface area contributed by atoms with Gasteiger partial charge in [0.1, 0.15) is 0 Å². The molecule has 134 valence electrons. The molecule has 1 unspecified atom stereocenters. The van der Waals surface area contributed by atoms with Crippen molar-refractivity contribution in [3.8, 4) is 0 Å². The van der Waals surface area contributed by atoms with Crippen molar-refractivity contribution in [2.75, 3.05) is 0 Å². The molecule has 0 aromatic heterocycles. The summed E-state index contributed by atoms with van der Waals surface area (Å²) in [6.45, 7) is 6.09. The first-order valence-corrected chi connectivity index (χ1v) is 9.77. The van der Waals surface area contributed by atoms with Crippen molar-refractivity contribution in [3.05, 3.63) is 65.2 Å². The second kappa shape index (κ2) is 8.27. The fourth-order valence-electron chi connectivity index (χ4n) is 2.31. The molecule has 2 aromatic rings. The Morgan fingerprint density at radius 2 is 1.84 bits per heavy atom. The third-order valence-corrected chi connectivity index (χ3v) is 5.66. The molecule has 0 radical (unpaired) electrons. The lowest BCUT2D eigenvalue weighted by Crippen LogP contribution is -2.32. The van der Waals surface area contributed by atoms with Gasteiger partial charge in [-0.15, -0.1) is 0 Å². The molecule has 0 heterocycles. The van der Waals surface area contributed by atoms with Crippen LogP contribution < -0.4 is 10.0 Å². The second-order valence-corrected chi connectivity index (χ2v) is 7.78. The fourth-order valence-corrected chi connectivity index (χ4v) is 3.68. The summed E-state index contributed by atoms with van der Waals surface area (Å²) in [5.74, 6) is -0.302. The summed E-state index contributed by atoms with van der Waals surface area (Å²) in [5.41, 5.74) is 2.44. The topological polar surface area (TPSA) is 75.3 Å². The molecule has 2 rings (SSSR count). The van der Waals surface area contributed by atoms with E-state index in [0.717, 1.165) is 11.1 Å². The van der Waals surface area contributed by atoms with E-state index >= 15 is 0 Å². The Morgan fingerprint density at radius 3 is 2.52 bits per heavy atom. The lowest BCUT2D eigenvalue weighted by Gasteiger charge is -2.13. The monoisotopic (exact) mass is 360 g/mol. The maximum atomic E-state index is 12.4. The molecule has 1 atom stereocenters. The lowest BCUT2D eigenvalue weighted by atomic mass is 10.1. The van der Waals surface area contributed by atoms with E-state index in [-0.39, 0.29) is 16.8 Å². The van der Waals surface area contributed by atoms with Crippen LogP contribution in [0.1, 0.15) is 41.8 Å². The molecule has 0 aliphatic rings. The Morgan fingerprint density at radius 1 is 1.12 bits per heavy atom. The van der Waals surface area contributed by atoms with Crippen molar-refractivity contribution in [1.82, 2.24) is 10.0 Å². The molecule has 0 fully saturated rings. The van der Waals surface area contributed by atoms with Crippen LogP contribution in [-0.4, -0.2) is 20.4 Å². The highest BCUT2D eigenvalue weighted by Gasteiger charge is 2.18. The summed E-state index contributed by atoms with van der Waals surface area (Å²) in [6, 6.07) is 13.7. The Balaban J connectivity index is 2.12. The molecule has 0 bridgehead atoms. The fraction of sp³-hybridized carbons (Fsp3) is 0.316. The van der Waals surface area contributed by atoms with Gasteiger partial charge in [-0.25, -0.2) is 13.1 Å². The summed E-state index contributed by atoms with van der Waals surface area (Å²) in [6.07, 6.45) is 0.690. The summed E-state index contributed by atoms with van der Waals surface area (Å²) in [5, 5.41) is 2.83. The van der Waals surface area contributed by atoms with E-state index in [1.165, 1.54) is 12.1 Å². The molecule has 6 heteroatoms. The number of amides is 1. The molecule has 0 aliphatic carbocycles. The predicted octanol–water partition coefficient (Wildman–Crippen LogP) is 3.00. The Hall–Kier alpha value is -2.18. The molecule has 0 spiro atoms. The van der Waals surface area contributed by atoms with Crippen molar-refractivity contribution < 1.29 is 13.2 Å². The van der Waals surface area contributed by atoms with E-state index in [0.29, 0.717) is 18.5 Å². The summed E-state index contributed by atoms with van der Waals surface area (Å²) in [7, 11) is -3.63. The maximum Gasteiger partial charge on any atom is 0.251 e. The quantitative estimate of drug-likeness (QED) is 0.797. The normalized spacial score (nSPS) is 12.6. The second-order valence-electron chi connectivity index (χ2n) is 6.07. The first-order chi connectivity index (χ1) is 11.8. The molecule has 0 saturated carbocycles. The first kappa shape index (κ1) is 19.1. The van der Waals surface area contributed by atoms with Gasteiger partial charge in [0.05, 0.1) is 4.90 Å². The first-order valence-electron chi connectivity index (χ1n) is 8.28. The molecule has 1 amide bonds. The van der Waals surface area contributed by atoms with Crippen LogP contribution in [0.15, 0.2) is 53.4 Å². The minimum atomic E-state index is -3.63. The molecule has 25 heavy (non-hydrogen) atoms. The standard InChI is InChI=1S/C19H24N2O3S/c1-4-15(3)21-25(23,24)18-11-7-10-16(12-18)19(22)20-13-17-9-6-5-8-14(17)2/h5-12,15,21H,4,13H2,1-3H3,(H,20,22). The zero-order chi connectivity index (χ0) is 18.4. The number of carbonyl (C=O) groups excluding carboxylic acids is 1. The van der Waals surface area contributed by atoms with Gasteiger partial charge in [-0.2, -0.15) is 0 Å². The van der Waals surface area contributed by atoms with Crippen molar-refractivity contribution in [2.45, 2.75) is 44.7 Å². The van der Waals surface area contributed by atoms with Gasteiger partial charge in [0, 0.05) is 18.2 Å². The van der Waals surface area contributed by atoms with E-state index in [1.807, 2.05) is 38.1 Å². The highest BCUT2D eigenvalue weighted by Crippen LogP contribution is 2.13. The van der Waals surface area contributed by atoms with Crippen LogP contribution in [-0.2, 0) is 16.6 Å². The summed E-state index contributed by atoms with van der Waals surface area (Å²) in [4.78, 5) is 12.5. The van der Waals surface area contributed by atoms with Crippen LogP contribution in [0.25, 0.3) is 0 Å². The van der Waals surface area contributed by atoms with E-state index in [1.54, 1.807) is 19.1 Å². The zero-order valence-corrected chi connectivity index (χ0v) is 15.6. The highest BCUT2D eigenvalue weighted by atomic mass is 32.2. The number of nitrogens with one attached hydrogen (secondary N) is 2. The Kier molecular flexibility index (Phi) is 6.33. The smallest absolute Gasteiger partial charge is 0.251 e. The predicted molar refractivity (Wildman–Crippen MR) is 98.9 cm³/mol. The zero-order valence-electron chi connectivity index (χ0n) is 14.7. The van der Waals surface area contributed by atoms with Gasteiger partial charge >= 0.3 is 0 Å². The Bertz CT molecular complexity index is 847. The molecular formula is C19H24N2O3S. The van der Waals surface area contributed by atoms with Gasteiger partial charge in [0.2, 0.25) is 10.0 Å². The van der Waals surface area contributed by atoms with Gasteiger partial charge in [0.15, 0.2) is 0 Å². The minimum Gasteiger partial charge on any atom is -0.348 e. The molecular weight excluding hydrogens is 336 g/mol. The van der Waals surface area contributed by atoms with Gasteiger partial charge in [-0.3, -0.25) is 4.79 Å². The van der Waals surface area contributed by atoms with Gasteiger partial charge in [-0.05, 0) is 49.6 Å². The van der Waals surface area contributed by atoms with E-state index in [2.05, 4.69) is 10.0 Å². The maximum absolute atomic E-state index is 12.4. The van der Waals surface area contributed by atoms with E-state index < -0.39 is 10.0 Å². The number of aryl methyl sites for hydroxylation is 1. The molecule has 2 aromatic carbocycles. The van der Waals surface area contributed by atoms with Crippen LogP contribution in [0.4, 0.5) is 0 Å². The molecule has 0 saturated heterocycles. The van der Waals surface area contributed by atoms with Crippen molar-refractivity contribution >= 4 is 15.9 Å². The number of sulfonamides is 1. The van der Waals surface area contributed by atoms with Crippen molar-refractivity contribution in [2.24, 2.45) is 0 Å². The molecule has 2 N–H and O–H groups in total. The average Bonchev–Trinajstić information content (AvgIpc) is 2.60. The van der Waals surface area contributed by atoms with Gasteiger partial charge in [0.25, 0.3) is 5.91 Å². The van der Waals surface area contributed by atoms with Gasteiger partial charge < -0.3 is 5.32 Å². The number of rotatable bonds is 7. The van der Waals surface area contributed by atoms with Gasteiger partial charge in [-0.1, -0.05) is 37.3 Å². The largest absolute Gasteiger partial charge is 0.348 e. The number of hydrogen-bond acceptors (Lipinski definition) is 3. The van der Waals surface area contributed by atoms with Crippen molar-refractivity contribution in [3.63, 3.8) is 0 Å². The van der Waals surface area contributed by atoms with Crippen molar-refractivity contribution in [1.29, 1.82) is 0 Å². The van der Waals surface area contributed by atoms with Crippen LogP contribution >= 0.6 is 0 Å². The van der Waals surface area contributed by atoms with Crippen LogP contribution in [0, 0.1) is 6.92 Å². The molecule has 5 nitrogen and oxygen atoms in total. The van der Waals surface area contributed by atoms with Crippen LogP contribution in [0.3, 0.4) is 0 Å². The lowest BCUT2D eigenvalue weighted by molar-refractivity contribution is 0.0950. The van der Waals surface area contributed by atoms with E-state index in [4.69, 9.17) is 0 Å². The minimum absolute atomic E-state index is 0.0938. The number of carbonyl (C=O) groups is 1. The van der Waals surface area contributed by atoms with Crippen LogP contribution in [0.5, 0.6) is 0 Å². The average molecular weight is 360 g/mol. The number of benzene rings is 2. The van der Waals surface area contributed by atoms with E-state index in [9.17, 15) is 13.2 Å². The summed E-state index contributed by atoms with van der Waals surface area (Å²) >= 11 is 0. The third kappa shape index (κ3) is 5.14. The summed E-state index contributed by atoms with van der Waals surface area (Å²) < 4.78 is 27.3. The third-order valence-electron chi connectivity index (χ3n) is 4.08. The number of hydrogen-bond donors (Lipinski definition) is 2.